The maximum atomic E-state index is 12.8. The molecule has 0 radical (unpaired) electrons. The van der Waals surface area contributed by atoms with Crippen LogP contribution in [0.15, 0.2) is 35.2 Å². The molecule has 0 amide bonds. The number of rotatable bonds is 3. The molecule has 29 heavy (non-hydrogen) atoms. The van der Waals surface area contributed by atoms with E-state index in [4.69, 9.17) is 16.3 Å². The zero-order valence-electron chi connectivity index (χ0n) is 15.8. The normalized spacial score (nSPS) is 24.8. The summed E-state index contributed by atoms with van der Waals surface area (Å²) >= 11 is 7.40. The number of fused-ring (bicyclic) bond motifs is 1. The van der Waals surface area contributed by atoms with E-state index in [2.05, 4.69) is 0 Å². The van der Waals surface area contributed by atoms with Gasteiger partial charge in [0.05, 0.1) is 12.5 Å². The number of Topliss-reactive ketones (excluding diaryl/α,β-unsaturated/α-hetero) is 1. The number of carbonyl (C=O) groups is 1. The summed E-state index contributed by atoms with van der Waals surface area (Å²) in [6.45, 7) is 1.19. The molecule has 2 aromatic carbocycles. The number of β-amino-alcohol motifs (C(OH)–C–C–N with tert-alkyl or cyclic N) is 1. The lowest BCUT2D eigenvalue weighted by atomic mass is 9.83. The van der Waals surface area contributed by atoms with Crippen molar-refractivity contribution in [2.45, 2.75) is 35.2 Å². The summed E-state index contributed by atoms with van der Waals surface area (Å²) in [6, 6.07) is 8.42. The van der Waals surface area contributed by atoms with E-state index in [1.54, 1.807) is 12.1 Å². The number of hydrogen-bond acceptors (Lipinski definition) is 7. The quantitative estimate of drug-likeness (QED) is 0.678. The third-order valence-corrected chi connectivity index (χ3v) is 6.66. The predicted molar refractivity (Wildman–Crippen MR) is 111 cm³/mol. The van der Waals surface area contributed by atoms with E-state index >= 15 is 0 Å². The van der Waals surface area contributed by atoms with Crippen LogP contribution in [0, 0.1) is 0 Å². The summed E-state index contributed by atoms with van der Waals surface area (Å²) in [5.41, 5.74) is -0.0631. The third kappa shape index (κ3) is 4.05. The molecule has 0 aromatic heterocycles. The van der Waals surface area contributed by atoms with Gasteiger partial charge in [0.15, 0.2) is 11.2 Å². The number of ether oxygens (including phenoxy) is 1. The Hall–Kier alpha value is -1.93. The lowest BCUT2D eigenvalue weighted by Gasteiger charge is -2.36. The molecule has 2 aromatic rings. The van der Waals surface area contributed by atoms with E-state index in [9.17, 15) is 20.1 Å². The number of phenolic OH excluding ortho intramolecular Hbond substituents is 2. The first-order chi connectivity index (χ1) is 13.8. The molecule has 0 aliphatic carbocycles. The van der Waals surface area contributed by atoms with Crippen molar-refractivity contribution in [2.24, 2.45) is 0 Å². The maximum Gasteiger partial charge on any atom is 0.174 e. The highest BCUT2D eigenvalue weighted by Crippen LogP contribution is 2.49. The minimum Gasteiger partial charge on any atom is -0.507 e. The van der Waals surface area contributed by atoms with Crippen LogP contribution in [-0.2, 0) is 0 Å². The van der Waals surface area contributed by atoms with Crippen LogP contribution in [0.2, 0.25) is 5.02 Å². The van der Waals surface area contributed by atoms with E-state index in [1.807, 2.05) is 24.1 Å². The molecule has 1 fully saturated rings. The summed E-state index contributed by atoms with van der Waals surface area (Å²) in [5, 5.41) is 32.1. The number of aromatic hydroxyl groups is 2. The topological polar surface area (TPSA) is 90.2 Å². The fourth-order valence-corrected chi connectivity index (χ4v) is 5.30. The molecular weight excluding hydrogens is 414 g/mol. The minimum absolute atomic E-state index is 0.0758. The molecule has 154 valence electrons. The maximum absolute atomic E-state index is 12.8. The van der Waals surface area contributed by atoms with Crippen molar-refractivity contribution in [1.29, 1.82) is 0 Å². The summed E-state index contributed by atoms with van der Waals surface area (Å²) in [5.74, 6) is -0.946. The van der Waals surface area contributed by atoms with Crippen molar-refractivity contribution < 1.29 is 24.9 Å². The Morgan fingerprint density at radius 2 is 2.03 bits per heavy atom. The van der Waals surface area contributed by atoms with Gasteiger partial charge in [0.1, 0.15) is 22.8 Å². The molecule has 2 aliphatic rings. The van der Waals surface area contributed by atoms with Crippen molar-refractivity contribution in [3.05, 3.63) is 46.5 Å². The average molecular weight is 436 g/mol. The number of piperidine rings is 1. The number of aliphatic hydroxyl groups excluding tert-OH is 1. The van der Waals surface area contributed by atoms with Crippen molar-refractivity contribution in [1.82, 2.24) is 4.90 Å². The minimum atomic E-state index is -0.715. The molecule has 0 bridgehead atoms. The zero-order chi connectivity index (χ0) is 20.7. The van der Waals surface area contributed by atoms with Crippen LogP contribution in [0.5, 0.6) is 17.2 Å². The predicted octanol–water partition coefficient (Wildman–Crippen LogP) is 3.61. The zero-order valence-corrected chi connectivity index (χ0v) is 17.4. The van der Waals surface area contributed by atoms with Crippen LogP contribution >= 0.6 is 23.4 Å². The monoisotopic (exact) mass is 435 g/mol. The van der Waals surface area contributed by atoms with Crippen LogP contribution in [0.1, 0.15) is 34.7 Å². The van der Waals surface area contributed by atoms with E-state index in [0.29, 0.717) is 23.6 Å². The summed E-state index contributed by atoms with van der Waals surface area (Å²) in [7, 11) is 1.92. The van der Waals surface area contributed by atoms with E-state index < -0.39 is 11.5 Å². The molecular formula is C21H22ClNO5S. The van der Waals surface area contributed by atoms with Crippen molar-refractivity contribution in [3.8, 4) is 17.2 Å². The van der Waals surface area contributed by atoms with Gasteiger partial charge in [0, 0.05) is 34.0 Å². The first-order valence-corrected chi connectivity index (χ1v) is 10.7. The smallest absolute Gasteiger partial charge is 0.174 e. The summed E-state index contributed by atoms with van der Waals surface area (Å²) < 4.78 is 6.12. The molecule has 1 saturated heterocycles. The van der Waals surface area contributed by atoms with Crippen LogP contribution in [0.4, 0.5) is 0 Å². The molecule has 0 spiro atoms. The van der Waals surface area contributed by atoms with Crippen molar-refractivity contribution in [3.63, 3.8) is 0 Å². The number of hydrogen-bond donors (Lipinski definition) is 3. The summed E-state index contributed by atoms with van der Waals surface area (Å²) in [4.78, 5) is 15.7. The van der Waals surface area contributed by atoms with Gasteiger partial charge in [-0.25, -0.2) is 0 Å². The van der Waals surface area contributed by atoms with Gasteiger partial charge < -0.3 is 25.0 Å². The van der Waals surface area contributed by atoms with Gasteiger partial charge in [0.2, 0.25) is 0 Å². The number of nitrogens with zero attached hydrogens (tertiary/aromatic N) is 1. The Morgan fingerprint density at radius 1 is 1.24 bits per heavy atom. The molecule has 3 N–H and O–H groups in total. The fourth-order valence-electron chi connectivity index (χ4n) is 4.01. The number of halogens is 1. The third-order valence-electron chi connectivity index (χ3n) is 5.38. The molecule has 6 nitrogen and oxygen atoms in total. The van der Waals surface area contributed by atoms with Crippen LogP contribution in [0.3, 0.4) is 0 Å². The lowest BCUT2D eigenvalue weighted by molar-refractivity contribution is 0.0607. The number of carbonyl (C=O) groups excluding carboxylic acids is 1. The number of thioether (sulfide) groups is 1. The first kappa shape index (κ1) is 20.3. The van der Waals surface area contributed by atoms with Gasteiger partial charge in [-0.15, -0.1) is 0 Å². The van der Waals surface area contributed by atoms with Crippen molar-refractivity contribution in [2.75, 3.05) is 20.1 Å². The molecule has 2 aliphatic heterocycles. The van der Waals surface area contributed by atoms with Gasteiger partial charge in [-0.1, -0.05) is 29.4 Å². The van der Waals surface area contributed by atoms with Crippen molar-refractivity contribution >= 4 is 29.1 Å². The van der Waals surface area contributed by atoms with Gasteiger partial charge in [0.25, 0.3) is 0 Å². The molecule has 8 heteroatoms. The van der Waals surface area contributed by atoms with E-state index in [-0.39, 0.29) is 40.9 Å². The number of phenols is 2. The Kier molecular flexibility index (Phi) is 5.66. The number of ketones is 1. The van der Waals surface area contributed by atoms with Gasteiger partial charge in [-0.05, 0) is 38.2 Å². The lowest BCUT2D eigenvalue weighted by Crippen LogP contribution is -2.41. The molecule has 2 heterocycles. The number of likely N-dealkylation sites (N-methyl/N-ethyl adjacent to an activating group) is 1. The number of likely N-dealkylation sites (tertiary alicyclic amines) is 1. The Balaban J connectivity index is 1.71. The largest absolute Gasteiger partial charge is 0.507 e. The second-order valence-corrected chi connectivity index (χ2v) is 9.18. The highest BCUT2D eigenvalue weighted by Gasteiger charge is 2.38. The molecule has 4 rings (SSSR count). The Morgan fingerprint density at radius 3 is 2.76 bits per heavy atom. The Labute approximate surface area is 178 Å². The average Bonchev–Trinajstić information content (AvgIpc) is 2.62. The second-order valence-electron chi connectivity index (χ2n) is 7.51. The van der Waals surface area contributed by atoms with Crippen LogP contribution in [-0.4, -0.2) is 57.7 Å². The van der Waals surface area contributed by atoms with E-state index in [1.165, 1.54) is 17.8 Å². The fraction of sp³-hybridized carbons (Fsp3) is 0.381. The standard InChI is InChI=1S/C21H22ClNO5S/c1-23-6-5-13(17(27)10-23)19-14(24)8-15(25)20-16(26)9-18(28-21(19)20)29-12-4-2-3-11(22)7-12/h2-4,7-8,13,17-18,24-25,27H,5-6,9-10H2,1H3/t13-,17+,18?/m1/s1. The van der Waals surface area contributed by atoms with Gasteiger partial charge >= 0.3 is 0 Å². The van der Waals surface area contributed by atoms with Gasteiger partial charge in [-0.2, -0.15) is 0 Å². The van der Waals surface area contributed by atoms with Crippen LogP contribution < -0.4 is 4.74 Å². The van der Waals surface area contributed by atoms with E-state index in [0.717, 1.165) is 11.4 Å². The van der Waals surface area contributed by atoms with Crippen LogP contribution in [0.25, 0.3) is 0 Å². The molecule has 3 atom stereocenters. The molecule has 1 unspecified atom stereocenters. The number of aliphatic hydroxyl groups is 1. The SMILES string of the molecule is CN1CC[C@@H](c2c(O)cc(O)c3c2OC(Sc2cccc(Cl)c2)CC3=O)[C@@H](O)C1. The Bertz CT molecular complexity index is 953. The second kappa shape index (κ2) is 8.07. The highest BCUT2D eigenvalue weighted by molar-refractivity contribution is 7.99. The summed E-state index contributed by atoms with van der Waals surface area (Å²) in [6.07, 6.45) is -0.0303. The van der Waals surface area contributed by atoms with Gasteiger partial charge in [-0.3, -0.25) is 4.79 Å². The first-order valence-electron chi connectivity index (χ1n) is 9.41. The molecule has 0 saturated carbocycles. The highest BCUT2D eigenvalue weighted by atomic mass is 35.5. The number of benzene rings is 2.